The summed E-state index contributed by atoms with van der Waals surface area (Å²) >= 11 is 4.06. The predicted octanol–water partition coefficient (Wildman–Crippen LogP) is 3.75. The number of rotatable bonds is 5. The van der Waals surface area contributed by atoms with Crippen molar-refractivity contribution in [2.75, 3.05) is 13.2 Å². The van der Waals surface area contributed by atoms with E-state index in [1.165, 1.54) is 5.56 Å². The highest BCUT2D eigenvalue weighted by Gasteiger charge is 2.47. The fraction of sp³-hybridized carbons (Fsp3) is 0.571. The average Bonchev–Trinajstić information content (AvgIpc) is 3.19. The molecule has 0 aliphatic carbocycles. The number of ether oxygens (including phenoxy) is 1. The molecule has 2 heterocycles. The molecule has 0 radical (unpaired) electrons. The van der Waals surface area contributed by atoms with Crippen molar-refractivity contribution in [1.82, 2.24) is 0 Å². The molecule has 2 fully saturated rings. The SMILES string of the molecule is CC1(C)SC1COCC1SC1c1ccccc1. The van der Waals surface area contributed by atoms with Gasteiger partial charge in [-0.25, -0.2) is 0 Å². The zero-order valence-electron chi connectivity index (χ0n) is 10.3. The molecule has 1 aromatic rings. The van der Waals surface area contributed by atoms with Crippen LogP contribution in [0.1, 0.15) is 24.7 Å². The fourth-order valence-electron chi connectivity index (χ4n) is 2.06. The van der Waals surface area contributed by atoms with E-state index in [1.54, 1.807) is 0 Å². The van der Waals surface area contributed by atoms with Gasteiger partial charge in [0.05, 0.1) is 13.2 Å². The van der Waals surface area contributed by atoms with Gasteiger partial charge in [-0.2, -0.15) is 0 Å². The van der Waals surface area contributed by atoms with Crippen molar-refractivity contribution in [2.45, 2.75) is 34.3 Å². The van der Waals surface area contributed by atoms with E-state index >= 15 is 0 Å². The van der Waals surface area contributed by atoms with E-state index in [-0.39, 0.29) is 0 Å². The maximum atomic E-state index is 5.83. The second kappa shape index (κ2) is 4.52. The molecule has 1 aromatic carbocycles. The Hall–Kier alpha value is -0.120. The monoisotopic (exact) mass is 266 g/mol. The van der Waals surface area contributed by atoms with Gasteiger partial charge in [-0.05, 0) is 19.4 Å². The van der Waals surface area contributed by atoms with Crippen molar-refractivity contribution in [3.63, 3.8) is 0 Å². The lowest BCUT2D eigenvalue weighted by molar-refractivity contribution is 0.142. The van der Waals surface area contributed by atoms with Crippen LogP contribution in [0.5, 0.6) is 0 Å². The van der Waals surface area contributed by atoms with Crippen LogP contribution in [0.4, 0.5) is 0 Å². The van der Waals surface area contributed by atoms with Crippen LogP contribution in [0.15, 0.2) is 30.3 Å². The van der Waals surface area contributed by atoms with Gasteiger partial charge in [0.25, 0.3) is 0 Å². The quantitative estimate of drug-likeness (QED) is 0.751. The number of hydrogen-bond donors (Lipinski definition) is 0. The highest BCUT2D eigenvalue weighted by atomic mass is 32.2. The largest absolute Gasteiger partial charge is 0.379 e. The summed E-state index contributed by atoms with van der Waals surface area (Å²) in [6.45, 7) is 6.43. The normalized spacial score (nSPS) is 33.4. The summed E-state index contributed by atoms with van der Waals surface area (Å²) in [5, 5.41) is 2.08. The summed E-state index contributed by atoms with van der Waals surface area (Å²) in [6.07, 6.45) is 0. The standard InChI is InChI=1S/C14H18OS2/c1-14(2)12(17-14)9-15-8-11-13(16-11)10-6-4-3-5-7-10/h3-7,11-13H,8-9H2,1-2H3. The Morgan fingerprint density at radius 2 is 1.88 bits per heavy atom. The summed E-state index contributed by atoms with van der Waals surface area (Å²) in [4.78, 5) is 0. The smallest absolute Gasteiger partial charge is 0.0599 e. The van der Waals surface area contributed by atoms with Gasteiger partial charge >= 0.3 is 0 Å². The lowest BCUT2D eigenvalue weighted by Gasteiger charge is -2.03. The van der Waals surface area contributed by atoms with Crippen molar-refractivity contribution in [1.29, 1.82) is 0 Å². The Morgan fingerprint density at radius 3 is 2.53 bits per heavy atom. The first-order chi connectivity index (χ1) is 8.17. The third kappa shape index (κ3) is 2.83. The minimum absolute atomic E-state index is 0.468. The first kappa shape index (κ1) is 11.9. The molecule has 0 N–H and O–H groups in total. The Kier molecular flexibility index (Phi) is 3.18. The topological polar surface area (TPSA) is 9.23 Å². The zero-order chi connectivity index (χ0) is 11.9. The van der Waals surface area contributed by atoms with Crippen LogP contribution in [0.25, 0.3) is 0 Å². The summed E-state index contributed by atoms with van der Waals surface area (Å²) < 4.78 is 6.29. The molecule has 3 atom stereocenters. The van der Waals surface area contributed by atoms with Crippen molar-refractivity contribution < 1.29 is 4.74 Å². The third-order valence-corrected chi connectivity index (χ3v) is 6.41. The van der Waals surface area contributed by atoms with Crippen LogP contribution in [0, 0.1) is 0 Å². The molecule has 1 nitrogen and oxygen atoms in total. The van der Waals surface area contributed by atoms with E-state index < -0.39 is 0 Å². The van der Waals surface area contributed by atoms with Crippen LogP contribution in [0.3, 0.4) is 0 Å². The highest BCUT2D eigenvalue weighted by Crippen LogP contribution is 2.56. The molecule has 2 aliphatic heterocycles. The molecule has 0 saturated carbocycles. The van der Waals surface area contributed by atoms with Crippen LogP contribution >= 0.6 is 23.5 Å². The molecule has 2 saturated heterocycles. The van der Waals surface area contributed by atoms with Crippen LogP contribution in [0.2, 0.25) is 0 Å². The van der Waals surface area contributed by atoms with Crippen molar-refractivity contribution >= 4 is 23.5 Å². The van der Waals surface area contributed by atoms with E-state index in [4.69, 9.17) is 4.74 Å². The average molecular weight is 266 g/mol. The van der Waals surface area contributed by atoms with Gasteiger partial charge in [0.1, 0.15) is 0 Å². The Bertz CT molecular complexity index is 390. The van der Waals surface area contributed by atoms with Crippen LogP contribution in [-0.4, -0.2) is 28.5 Å². The van der Waals surface area contributed by atoms with Crippen LogP contribution in [-0.2, 0) is 4.74 Å². The van der Waals surface area contributed by atoms with Gasteiger partial charge in [0.2, 0.25) is 0 Å². The maximum absolute atomic E-state index is 5.83. The van der Waals surface area contributed by atoms with Crippen molar-refractivity contribution in [3.05, 3.63) is 35.9 Å². The molecular formula is C14H18OS2. The first-order valence-corrected chi connectivity index (χ1v) is 7.95. The maximum Gasteiger partial charge on any atom is 0.0599 e. The second-order valence-corrected chi connectivity index (χ2v) is 8.50. The highest BCUT2D eigenvalue weighted by molar-refractivity contribution is 8.08. The van der Waals surface area contributed by atoms with E-state index in [9.17, 15) is 0 Å². The summed E-state index contributed by atoms with van der Waals surface area (Å²) in [5.41, 5.74) is 1.45. The van der Waals surface area contributed by atoms with E-state index in [0.29, 0.717) is 15.2 Å². The van der Waals surface area contributed by atoms with Crippen LogP contribution < -0.4 is 0 Å². The van der Waals surface area contributed by atoms with Gasteiger partial charge < -0.3 is 4.74 Å². The molecule has 0 spiro atoms. The minimum Gasteiger partial charge on any atom is -0.379 e. The molecule has 3 unspecified atom stereocenters. The van der Waals surface area contributed by atoms with Gasteiger partial charge in [0.15, 0.2) is 0 Å². The fourth-order valence-corrected chi connectivity index (χ4v) is 3.97. The molecule has 0 bridgehead atoms. The van der Waals surface area contributed by atoms with E-state index in [2.05, 4.69) is 44.2 Å². The number of benzene rings is 1. The van der Waals surface area contributed by atoms with Crippen molar-refractivity contribution in [3.8, 4) is 0 Å². The Balaban J connectivity index is 1.39. The summed E-state index contributed by atoms with van der Waals surface area (Å²) in [5.74, 6) is 0. The zero-order valence-corrected chi connectivity index (χ0v) is 11.9. The molecule has 3 rings (SSSR count). The lowest BCUT2D eigenvalue weighted by atomic mass is 10.1. The van der Waals surface area contributed by atoms with Gasteiger partial charge in [-0.3, -0.25) is 0 Å². The molecule has 17 heavy (non-hydrogen) atoms. The van der Waals surface area contributed by atoms with E-state index in [0.717, 1.165) is 18.5 Å². The predicted molar refractivity (Wildman–Crippen MR) is 76.8 cm³/mol. The summed E-state index contributed by atoms with van der Waals surface area (Å²) in [7, 11) is 0. The number of thioether (sulfide) groups is 2. The first-order valence-electron chi connectivity index (χ1n) is 6.13. The number of hydrogen-bond acceptors (Lipinski definition) is 3. The van der Waals surface area contributed by atoms with Crippen molar-refractivity contribution in [2.24, 2.45) is 0 Å². The molecular weight excluding hydrogens is 248 g/mol. The molecule has 0 aromatic heterocycles. The molecule has 3 heteroatoms. The second-order valence-electron chi connectivity index (χ2n) is 5.25. The van der Waals surface area contributed by atoms with Gasteiger partial charge in [-0.1, -0.05) is 30.3 Å². The molecule has 0 amide bonds. The Labute approximate surface area is 112 Å². The lowest BCUT2D eigenvalue weighted by Crippen LogP contribution is -2.12. The minimum atomic E-state index is 0.468. The summed E-state index contributed by atoms with van der Waals surface area (Å²) in [6, 6.07) is 10.8. The van der Waals surface area contributed by atoms with E-state index in [1.807, 2.05) is 23.5 Å². The molecule has 2 aliphatic rings. The Morgan fingerprint density at radius 1 is 1.18 bits per heavy atom. The third-order valence-electron chi connectivity index (χ3n) is 3.43. The van der Waals surface area contributed by atoms with Gasteiger partial charge in [-0.15, -0.1) is 23.5 Å². The molecule has 92 valence electrons. The van der Waals surface area contributed by atoms with Gasteiger partial charge in [0, 0.05) is 20.5 Å².